The fourth-order valence-corrected chi connectivity index (χ4v) is 8.60. The van der Waals surface area contributed by atoms with Gasteiger partial charge in [0.1, 0.15) is 6.61 Å². The second-order valence-electron chi connectivity index (χ2n) is 20.4. The van der Waals surface area contributed by atoms with E-state index in [4.69, 9.17) is 9.47 Å². The van der Waals surface area contributed by atoms with Crippen LogP contribution in [-0.4, -0.2) is 36.4 Å². The van der Waals surface area contributed by atoms with E-state index in [-0.39, 0.29) is 25.2 Å². The Hall–Kier alpha value is -3.70. The number of allylic oxidation sites excluding steroid dienone is 20. The van der Waals surface area contributed by atoms with Crippen LogP contribution in [0.5, 0.6) is 0 Å². The zero-order chi connectivity index (χ0) is 53.4. The summed E-state index contributed by atoms with van der Waals surface area (Å²) in [5, 5.41) is 9.68. The first-order valence-corrected chi connectivity index (χ1v) is 31.1. The Kier molecular flexibility index (Phi) is 60.4. The van der Waals surface area contributed by atoms with Crippen LogP contribution in [-0.2, 0) is 19.1 Å². The fourth-order valence-electron chi connectivity index (χ4n) is 8.60. The highest BCUT2D eigenvalue weighted by Crippen LogP contribution is 2.16. The Morgan fingerprint density at radius 1 is 0.324 bits per heavy atom. The Morgan fingerprint density at radius 2 is 0.581 bits per heavy atom. The van der Waals surface area contributed by atoms with Crippen LogP contribution in [0.2, 0.25) is 0 Å². The van der Waals surface area contributed by atoms with Crippen molar-refractivity contribution < 1.29 is 24.2 Å². The minimum absolute atomic E-state index is 0.0758. The average molecular weight is 1030 g/mol. The minimum atomic E-state index is -0.787. The lowest BCUT2D eigenvalue weighted by atomic mass is 10.0. The molecule has 5 heteroatoms. The van der Waals surface area contributed by atoms with E-state index in [0.717, 1.165) is 103 Å². The Bertz CT molecular complexity index is 1490. The number of carbonyl (C=O) groups is 2. The van der Waals surface area contributed by atoms with E-state index in [1.165, 1.54) is 154 Å². The number of hydrogen-bond donors (Lipinski definition) is 1. The van der Waals surface area contributed by atoms with Gasteiger partial charge >= 0.3 is 11.9 Å². The molecule has 0 fully saturated rings. The van der Waals surface area contributed by atoms with Gasteiger partial charge in [-0.25, -0.2) is 0 Å². The molecule has 0 rings (SSSR count). The van der Waals surface area contributed by atoms with Gasteiger partial charge < -0.3 is 14.6 Å². The molecule has 0 aromatic carbocycles. The van der Waals surface area contributed by atoms with Crippen molar-refractivity contribution in [3.63, 3.8) is 0 Å². The first kappa shape index (κ1) is 70.3. The molecule has 0 bridgehead atoms. The standard InChI is InChI=1S/C69H116O5/c1-3-5-7-9-11-13-15-17-19-21-23-25-27-29-31-33-34-36-37-39-41-43-45-47-49-51-53-55-57-59-61-63-68(71)73-66-67(65-70)74-69(72)64-62-60-58-56-54-52-50-48-46-44-42-40-38-35-32-30-28-26-24-22-20-18-16-14-12-10-8-6-4-2/h6,8,12,14-15,17-18,20-21,23-24,26-27,29-30,32,38,40,44,46,67,70H,3-5,7,9-11,13,16,19,22,25,28,31,33-37,39,41-43,45,47-66H2,1-2H3/b8-6-,14-12-,17-15-,20-18-,23-21-,26-24-,29-27-,32-30-,40-38-,46-44-. The van der Waals surface area contributed by atoms with Crippen molar-refractivity contribution in [2.75, 3.05) is 13.2 Å². The zero-order valence-corrected chi connectivity index (χ0v) is 48.3. The predicted octanol–water partition coefficient (Wildman–Crippen LogP) is 21.4. The van der Waals surface area contributed by atoms with Crippen LogP contribution >= 0.6 is 0 Å². The number of unbranched alkanes of at least 4 members (excludes halogenated alkanes) is 28. The number of esters is 2. The quantitative estimate of drug-likeness (QED) is 0.0373. The van der Waals surface area contributed by atoms with Crippen molar-refractivity contribution in [2.24, 2.45) is 0 Å². The molecule has 0 aliphatic rings. The molecule has 5 nitrogen and oxygen atoms in total. The number of aliphatic hydroxyl groups excluding tert-OH is 1. The predicted molar refractivity (Wildman–Crippen MR) is 325 cm³/mol. The molecule has 0 spiro atoms. The third kappa shape index (κ3) is 60.9. The highest BCUT2D eigenvalue weighted by Gasteiger charge is 2.16. The lowest BCUT2D eigenvalue weighted by molar-refractivity contribution is -0.161. The van der Waals surface area contributed by atoms with E-state index in [1.54, 1.807) is 0 Å². The Labute approximate surface area is 458 Å². The van der Waals surface area contributed by atoms with Crippen LogP contribution in [0.4, 0.5) is 0 Å². The van der Waals surface area contributed by atoms with Crippen molar-refractivity contribution in [1.82, 2.24) is 0 Å². The highest BCUT2D eigenvalue weighted by molar-refractivity contribution is 5.70. The van der Waals surface area contributed by atoms with Gasteiger partial charge in [-0.05, 0) is 109 Å². The summed E-state index contributed by atoms with van der Waals surface area (Å²) in [5.74, 6) is -0.603. The van der Waals surface area contributed by atoms with Crippen molar-refractivity contribution in [3.05, 3.63) is 122 Å². The van der Waals surface area contributed by atoms with Gasteiger partial charge in [-0.3, -0.25) is 9.59 Å². The molecule has 1 atom stereocenters. The van der Waals surface area contributed by atoms with Crippen LogP contribution in [0.3, 0.4) is 0 Å². The second kappa shape index (κ2) is 63.6. The molecule has 0 saturated heterocycles. The van der Waals surface area contributed by atoms with Gasteiger partial charge in [0.2, 0.25) is 0 Å². The number of carbonyl (C=O) groups excluding carboxylic acids is 2. The van der Waals surface area contributed by atoms with Crippen LogP contribution in [0.1, 0.15) is 284 Å². The summed E-state index contributed by atoms with van der Waals surface area (Å²) in [4.78, 5) is 24.6. The molecule has 1 N–H and O–H groups in total. The molecular formula is C69H116O5. The maximum Gasteiger partial charge on any atom is 0.306 e. The largest absolute Gasteiger partial charge is 0.462 e. The average Bonchev–Trinajstić information content (AvgIpc) is 3.40. The van der Waals surface area contributed by atoms with E-state index < -0.39 is 6.10 Å². The van der Waals surface area contributed by atoms with Crippen molar-refractivity contribution in [3.8, 4) is 0 Å². The molecule has 0 radical (unpaired) electrons. The van der Waals surface area contributed by atoms with Gasteiger partial charge in [-0.2, -0.15) is 0 Å². The SMILES string of the molecule is CC/C=C\C/C=C\C/C=C\C/C=C\C/C=C\C/C=C\C/C=C\CCCCCCCCCC(=O)OC(CO)COC(=O)CCCCCCCCCCCCCCCCCC/C=C\C/C=C\C/C=C\CCCCCCC. The molecular weight excluding hydrogens is 909 g/mol. The van der Waals surface area contributed by atoms with Crippen molar-refractivity contribution in [1.29, 1.82) is 0 Å². The molecule has 0 aromatic heterocycles. The molecule has 0 saturated carbocycles. The molecule has 0 amide bonds. The Balaban J connectivity index is 3.53. The third-order valence-electron chi connectivity index (χ3n) is 13.2. The van der Waals surface area contributed by atoms with Crippen molar-refractivity contribution in [2.45, 2.75) is 290 Å². The highest BCUT2D eigenvalue weighted by atomic mass is 16.6. The summed E-state index contributed by atoms with van der Waals surface area (Å²) in [7, 11) is 0. The third-order valence-corrected chi connectivity index (χ3v) is 13.2. The van der Waals surface area contributed by atoms with Crippen LogP contribution < -0.4 is 0 Å². The first-order valence-electron chi connectivity index (χ1n) is 31.1. The van der Waals surface area contributed by atoms with Gasteiger partial charge in [0, 0.05) is 12.8 Å². The first-order chi connectivity index (χ1) is 36.6. The van der Waals surface area contributed by atoms with E-state index in [9.17, 15) is 14.7 Å². The molecule has 1 unspecified atom stereocenters. The molecule has 0 aliphatic heterocycles. The molecule has 0 heterocycles. The van der Waals surface area contributed by atoms with Gasteiger partial charge in [-0.1, -0.05) is 283 Å². The molecule has 422 valence electrons. The number of hydrogen-bond acceptors (Lipinski definition) is 5. The fraction of sp³-hybridized carbons (Fsp3) is 0.681. The lowest BCUT2D eigenvalue weighted by Crippen LogP contribution is -2.28. The summed E-state index contributed by atoms with van der Waals surface area (Å²) in [5.41, 5.74) is 0. The normalized spacial score (nSPS) is 13.1. The van der Waals surface area contributed by atoms with E-state index in [0.29, 0.717) is 12.8 Å². The van der Waals surface area contributed by atoms with Crippen LogP contribution in [0.15, 0.2) is 122 Å². The monoisotopic (exact) mass is 1020 g/mol. The zero-order valence-electron chi connectivity index (χ0n) is 48.3. The molecule has 0 aromatic rings. The summed E-state index contributed by atoms with van der Waals surface area (Å²) < 4.78 is 10.7. The van der Waals surface area contributed by atoms with Gasteiger partial charge in [0.25, 0.3) is 0 Å². The number of ether oxygens (including phenoxy) is 2. The molecule has 0 aliphatic carbocycles. The summed E-state index contributed by atoms with van der Waals surface area (Å²) in [6, 6.07) is 0. The minimum Gasteiger partial charge on any atom is -0.462 e. The van der Waals surface area contributed by atoms with E-state index >= 15 is 0 Å². The van der Waals surface area contributed by atoms with Gasteiger partial charge in [0.05, 0.1) is 6.61 Å². The maximum atomic E-state index is 12.3. The topological polar surface area (TPSA) is 72.8 Å². The smallest absolute Gasteiger partial charge is 0.306 e. The summed E-state index contributed by atoms with van der Waals surface area (Å²) in [6.45, 7) is 4.02. The van der Waals surface area contributed by atoms with Crippen LogP contribution in [0, 0.1) is 0 Å². The summed E-state index contributed by atoms with van der Waals surface area (Å²) in [6.07, 6.45) is 93.3. The lowest BCUT2D eigenvalue weighted by Gasteiger charge is -2.15. The maximum absolute atomic E-state index is 12.3. The second-order valence-corrected chi connectivity index (χ2v) is 20.4. The van der Waals surface area contributed by atoms with Crippen LogP contribution in [0.25, 0.3) is 0 Å². The van der Waals surface area contributed by atoms with Gasteiger partial charge in [0.15, 0.2) is 6.10 Å². The summed E-state index contributed by atoms with van der Waals surface area (Å²) >= 11 is 0. The number of rotatable bonds is 56. The Morgan fingerprint density at radius 3 is 0.878 bits per heavy atom. The van der Waals surface area contributed by atoms with Crippen molar-refractivity contribution >= 4 is 11.9 Å². The molecule has 74 heavy (non-hydrogen) atoms. The number of aliphatic hydroxyl groups is 1. The van der Waals surface area contributed by atoms with Gasteiger partial charge in [-0.15, -0.1) is 0 Å². The van der Waals surface area contributed by atoms with E-state index in [2.05, 4.69) is 135 Å². The van der Waals surface area contributed by atoms with E-state index in [1.807, 2.05) is 0 Å².